The number of carbonyl (C=O) groups excluding carboxylic acids is 1. The topological polar surface area (TPSA) is 58.4 Å². The van der Waals surface area contributed by atoms with Crippen LogP contribution in [0.4, 0.5) is 0 Å². The molecule has 1 aliphatic heterocycles. The van der Waals surface area contributed by atoms with Gasteiger partial charge in [0.15, 0.2) is 0 Å². The highest BCUT2D eigenvalue weighted by Crippen LogP contribution is 2.27. The maximum atomic E-state index is 12.1. The maximum Gasteiger partial charge on any atom is 0.236 e. The normalized spacial score (nSPS) is 24.5. The molecule has 4 heteroatoms. The fourth-order valence-corrected chi connectivity index (χ4v) is 3.53. The molecule has 2 aliphatic rings. The van der Waals surface area contributed by atoms with Crippen LogP contribution in [0.3, 0.4) is 0 Å². The van der Waals surface area contributed by atoms with Crippen molar-refractivity contribution < 1.29 is 4.79 Å². The van der Waals surface area contributed by atoms with Crippen LogP contribution in [0.5, 0.6) is 0 Å². The second-order valence-corrected chi connectivity index (χ2v) is 6.84. The van der Waals surface area contributed by atoms with Gasteiger partial charge in [-0.2, -0.15) is 0 Å². The van der Waals surface area contributed by atoms with Gasteiger partial charge in [-0.05, 0) is 51.2 Å². The third kappa shape index (κ3) is 5.06. The molecule has 4 nitrogen and oxygen atoms in total. The van der Waals surface area contributed by atoms with Crippen molar-refractivity contribution in [1.29, 1.82) is 0 Å². The number of rotatable bonds is 5. The van der Waals surface area contributed by atoms with Crippen LogP contribution >= 0.6 is 0 Å². The molecular formula is C16H31N3O. The fraction of sp³-hybridized carbons (Fsp3) is 0.938. The summed E-state index contributed by atoms with van der Waals surface area (Å²) in [7, 11) is 2.16. The van der Waals surface area contributed by atoms with Crippen molar-refractivity contribution in [2.75, 3.05) is 26.7 Å². The highest BCUT2D eigenvalue weighted by Gasteiger charge is 2.22. The molecule has 1 saturated carbocycles. The summed E-state index contributed by atoms with van der Waals surface area (Å²) in [6.45, 7) is 3.11. The Morgan fingerprint density at radius 3 is 2.45 bits per heavy atom. The third-order valence-corrected chi connectivity index (χ3v) is 5.05. The van der Waals surface area contributed by atoms with E-state index in [0.717, 1.165) is 26.1 Å². The number of hydrogen-bond donors (Lipinski definition) is 2. The minimum absolute atomic E-state index is 0.0644. The van der Waals surface area contributed by atoms with Crippen molar-refractivity contribution in [2.45, 2.75) is 57.4 Å². The summed E-state index contributed by atoms with van der Waals surface area (Å²) in [6.07, 6.45) is 9.76. The molecule has 2 fully saturated rings. The Bertz CT molecular complexity index is 294. The van der Waals surface area contributed by atoms with E-state index in [1.807, 2.05) is 0 Å². The van der Waals surface area contributed by atoms with Gasteiger partial charge >= 0.3 is 0 Å². The van der Waals surface area contributed by atoms with Crippen LogP contribution in [0.25, 0.3) is 0 Å². The van der Waals surface area contributed by atoms with Crippen molar-refractivity contribution in [3.05, 3.63) is 0 Å². The summed E-state index contributed by atoms with van der Waals surface area (Å²) >= 11 is 0. The molecule has 20 heavy (non-hydrogen) atoms. The molecule has 0 radical (unpaired) electrons. The number of amides is 1. The summed E-state index contributed by atoms with van der Waals surface area (Å²) in [4.78, 5) is 14.4. The zero-order valence-corrected chi connectivity index (χ0v) is 12.9. The minimum Gasteiger partial charge on any atom is -0.354 e. The summed E-state index contributed by atoms with van der Waals surface area (Å²) < 4.78 is 0. The maximum absolute atomic E-state index is 12.1. The average molecular weight is 281 g/mol. The van der Waals surface area contributed by atoms with E-state index in [1.54, 1.807) is 0 Å². The molecule has 1 atom stereocenters. The predicted molar refractivity (Wildman–Crippen MR) is 82.4 cm³/mol. The highest BCUT2D eigenvalue weighted by molar-refractivity contribution is 5.81. The van der Waals surface area contributed by atoms with Crippen LogP contribution in [0.15, 0.2) is 0 Å². The van der Waals surface area contributed by atoms with Crippen molar-refractivity contribution in [3.8, 4) is 0 Å². The zero-order valence-electron chi connectivity index (χ0n) is 12.9. The molecule has 0 aromatic heterocycles. The lowest BCUT2D eigenvalue weighted by Gasteiger charge is -2.29. The molecule has 1 saturated heterocycles. The molecular weight excluding hydrogens is 250 g/mol. The van der Waals surface area contributed by atoms with Crippen LogP contribution < -0.4 is 11.1 Å². The van der Waals surface area contributed by atoms with E-state index >= 15 is 0 Å². The van der Waals surface area contributed by atoms with Crippen molar-refractivity contribution >= 4 is 5.91 Å². The first-order valence-electron chi connectivity index (χ1n) is 8.37. The molecule has 0 aromatic carbocycles. The van der Waals surface area contributed by atoms with Gasteiger partial charge in [0.1, 0.15) is 0 Å². The van der Waals surface area contributed by atoms with E-state index in [-0.39, 0.29) is 11.9 Å². The van der Waals surface area contributed by atoms with Gasteiger partial charge in [0.05, 0.1) is 6.04 Å². The SMILES string of the molecule is CN1CCC(CNC(=O)C(N)CC2CCCCC2)CC1. The number of piperidine rings is 1. The summed E-state index contributed by atoms with van der Waals surface area (Å²) in [6, 6.07) is -0.302. The lowest BCUT2D eigenvalue weighted by Crippen LogP contribution is -2.44. The molecule has 1 aliphatic carbocycles. The number of nitrogens with one attached hydrogen (secondary N) is 1. The van der Waals surface area contributed by atoms with Gasteiger partial charge in [-0.15, -0.1) is 0 Å². The standard InChI is InChI=1S/C16H31N3O/c1-19-9-7-14(8-10-19)12-18-16(20)15(17)11-13-5-3-2-4-6-13/h13-15H,2-12,17H2,1H3,(H,18,20). The number of likely N-dealkylation sites (tertiary alicyclic amines) is 1. The Hall–Kier alpha value is -0.610. The molecule has 1 amide bonds. The van der Waals surface area contributed by atoms with E-state index in [2.05, 4.69) is 17.3 Å². The number of hydrogen-bond acceptors (Lipinski definition) is 3. The first-order valence-corrected chi connectivity index (χ1v) is 8.37. The summed E-state index contributed by atoms with van der Waals surface area (Å²) in [5.74, 6) is 1.37. The Morgan fingerprint density at radius 1 is 1.15 bits per heavy atom. The van der Waals surface area contributed by atoms with Gasteiger partial charge in [-0.3, -0.25) is 4.79 Å². The van der Waals surface area contributed by atoms with E-state index in [1.165, 1.54) is 44.9 Å². The number of nitrogens with zero attached hydrogens (tertiary/aromatic N) is 1. The van der Waals surface area contributed by atoms with Crippen LogP contribution in [-0.2, 0) is 4.79 Å². The molecule has 1 heterocycles. The van der Waals surface area contributed by atoms with Crippen LogP contribution in [-0.4, -0.2) is 43.5 Å². The summed E-state index contributed by atoms with van der Waals surface area (Å²) in [5.41, 5.74) is 6.07. The van der Waals surface area contributed by atoms with Crippen LogP contribution in [0.1, 0.15) is 51.4 Å². The van der Waals surface area contributed by atoms with Crippen molar-refractivity contribution in [2.24, 2.45) is 17.6 Å². The Kier molecular flexibility index (Phi) is 6.30. The number of carbonyl (C=O) groups is 1. The molecule has 3 N–H and O–H groups in total. The quantitative estimate of drug-likeness (QED) is 0.807. The highest BCUT2D eigenvalue weighted by atomic mass is 16.2. The molecule has 2 rings (SSSR count). The van der Waals surface area contributed by atoms with E-state index in [4.69, 9.17) is 5.73 Å². The number of nitrogens with two attached hydrogens (primary N) is 1. The van der Waals surface area contributed by atoms with Crippen LogP contribution in [0.2, 0.25) is 0 Å². The van der Waals surface area contributed by atoms with Crippen molar-refractivity contribution in [1.82, 2.24) is 10.2 Å². The lowest BCUT2D eigenvalue weighted by atomic mass is 9.85. The fourth-order valence-electron chi connectivity index (χ4n) is 3.53. The summed E-state index contributed by atoms with van der Waals surface area (Å²) in [5, 5.41) is 3.07. The van der Waals surface area contributed by atoms with Gasteiger partial charge in [0.2, 0.25) is 5.91 Å². The smallest absolute Gasteiger partial charge is 0.236 e. The lowest BCUT2D eigenvalue weighted by molar-refractivity contribution is -0.123. The Labute approximate surface area is 123 Å². The first kappa shape index (κ1) is 15.8. The van der Waals surface area contributed by atoms with E-state index in [9.17, 15) is 4.79 Å². The van der Waals surface area contributed by atoms with Gasteiger partial charge < -0.3 is 16.0 Å². The molecule has 1 unspecified atom stereocenters. The predicted octanol–water partition coefficient (Wildman–Crippen LogP) is 1.74. The second kappa shape index (κ2) is 7.99. The second-order valence-electron chi connectivity index (χ2n) is 6.84. The van der Waals surface area contributed by atoms with E-state index in [0.29, 0.717) is 11.8 Å². The zero-order chi connectivity index (χ0) is 14.4. The molecule has 0 aromatic rings. The van der Waals surface area contributed by atoms with Gasteiger partial charge in [0.25, 0.3) is 0 Å². The molecule has 0 spiro atoms. The Balaban J connectivity index is 1.63. The average Bonchev–Trinajstić information content (AvgIpc) is 2.47. The first-order chi connectivity index (χ1) is 9.65. The third-order valence-electron chi connectivity index (χ3n) is 5.05. The Morgan fingerprint density at radius 2 is 1.80 bits per heavy atom. The monoisotopic (exact) mass is 281 g/mol. The van der Waals surface area contributed by atoms with Gasteiger partial charge in [-0.1, -0.05) is 32.1 Å². The van der Waals surface area contributed by atoms with Gasteiger partial charge in [-0.25, -0.2) is 0 Å². The van der Waals surface area contributed by atoms with E-state index < -0.39 is 0 Å². The molecule has 116 valence electrons. The largest absolute Gasteiger partial charge is 0.354 e. The van der Waals surface area contributed by atoms with Crippen LogP contribution in [0, 0.1) is 11.8 Å². The molecule has 0 bridgehead atoms. The minimum atomic E-state index is -0.302. The van der Waals surface area contributed by atoms with Crippen molar-refractivity contribution in [3.63, 3.8) is 0 Å². The van der Waals surface area contributed by atoms with Gasteiger partial charge in [0, 0.05) is 6.54 Å².